The molecule has 0 N–H and O–H groups in total. The highest BCUT2D eigenvalue weighted by atomic mass is 16.3. The van der Waals surface area contributed by atoms with E-state index >= 15 is 0 Å². The SMILES string of the molecule is C1=Cc2oc3c(-c4ccc(N(c5ccc(-c6cc(-c7ccccc7)cc(-c7ccccc7)c6)cc5)c5ccc(-c6cc(-c7ccccc7)cc(-c7ccccc7)c6)cc5)cc4)cccc3c2CC1. The lowest BCUT2D eigenvalue weighted by Gasteiger charge is -2.26. The molecule has 0 fully saturated rings. The van der Waals surface area contributed by atoms with E-state index in [9.17, 15) is 0 Å². The highest BCUT2D eigenvalue weighted by Gasteiger charge is 2.19. The molecule has 1 heterocycles. The average Bonchev–Trinajstić information content (AvgIpc) is 3.81. The second kappa shape index (κ2) is 17.9. The van der Waals surface area contributed by atoms with Crippen LogP contribution in [0.4, 0.5) is 17.1 Å². The third-order valence-corrected chi connectivity index (χ3v) is 13.3. The third-order valence-electron chi connectivity index (χ3n) is 13.3. The number of hydrogen-bond acceptors (Lipinski definition) is 2. The van der Waals surface area contributed by atoms with Crippen LogP contribution in [0.2, 0.25) is 0 Å². The van der Waals surface area contributed by atoms with Gasteiger partial charge in [0.15, 0.2) is 0 Å². The molecule has 0 saturated carbocycles. The summed E-state index contributed by atoms with van der Waals surface area (Å²) >= 11 is 0. The number of furan rings is 1. The molecule has 0 aliphatic heterocycles. The summed E-state index contributed by atoms with van der Waals surface area (Å²) in [5.41, 5.74) is 21.9. The molecule has 0 unspecified atom stereocenters. The van der Waals surface area contributed by atoms with E-state index in [1.54, 1.807) is 0 Å². The van der Waals surface area contributed by atoms with Gasteiger partial charge in [-0.2, -0.15) is 0 Å². The van der Waals surface area contributed by atoms with Crippen molar-refractivity contribution in [2.75, 3.05) is 4.90 Å². The average molecular weight is 870 g/mol. The van der Waals surface area contributed by atoms with E-state index in [1.807, 2.05) is 0 Å². The van der Waals surface area contributed by atoms with E-state index in [0.29, 0.717) is 0 Å². The van der Waals surface area contributed by atoms with Gasteiger partial charge in [-0.05, 0) is 164 Å². The van der Waals surface area contributed by atoms with Crippen molar-refractivity contribution in [1.29, 1.82) is 0 Å². The zero-order valence-electron chi connectivity index (χ0n) is 37.6. The highest BCUT2D eigenvalue weighted by molar-refractivity contribution is 5.97. The topological polar surface area (TPSA) is 16.4 Å². The van der Waals surface area contributed by atoms with Gasteiger partial charge in [-0.3, -0.25) is 0 Å². The van der Waals surface area contributed by atoms with E-state index in [-0.39, 0.29) is 0 Å². The first-order chi connectivity index (χ1) is 33.7. The Morgan fingerprint density at radius 2 is 0.662 bits per heavy atom. The van der Waals surface area contributed by atoms with Crippen molar-refractivity contribution in [3.8, 4) is 77.9 Å². The Balaban J connectivity index is 0.944. The molecular formula is C66H47NO. The lowest BCUT2D eigenvalue weighted by Crippen LogP contribution is -2.09. The maximum absolute atomic E-state index is 6.52. The van der Waals surface area contributed by atoms with Crippen molar-refractivity contribution >= 4 is 34.1 Å². The standard InChI is InChI=1S/C66H47NO/c1-5-16-46(17-6-1)53-40-54(47-18-7-2-8-19-47)43-57(42-53)50-28-34-59(35-29-50)67(61-38-32-52(33-39-61)62-25-15-26-64-63-24-13-14-27-65(63)68-66(62)64)60-36-30-51(31-37-60)58-44-55(48-20-9-3-10-21-48)41-56(45-58)49-22-11-4-12-23-49/h1-12,14-23,25-45H,13,24H2. The lowest BCUT2D eigenvalue weighted by atomic mass is 9.93. The van der Waals surface area contributed by atoms with Gasteiger partial charge in [-0.15, -0.1) is 0 Å². The molecule has 12 rings (SSSR count). The normalized spacial score (nSPS) is 11.9. The monoisotopic (exact) mass is 869 g/mol. The molecule has 11 aromatic rings. The van der Waals surface area contributed by atoms with Gasteiger partial charge >= 0.3 is 0 Å². The van der Waals surface area contributed by atoms with Gasteiger partial charge < -0.3 is 9.32 Å². The first-order valence-corrected chi connectivity index (χ1v) is 23.5. The first kappa shape index (κ1) is 40.8. The highest BCUT2D eigenvalue weighted by Crippen LogP contribution is 2.42. The van der Waals surface area contributed by atoms with E-state index in [1.165, 1.54) is 66.6 Å². The minimum absolute atomic E-state index is 0.957. The van der Waals surface area contributed by atoms with Crippen LogP contribution in [-0.4, -0.2) is 0 Å². The van der Waals surface area contributed by atoms with Gasteiger partial charge in [0.2, 0.25) is 0 Å². The Bertz CT molecular complexity index is 3270. The van der Waals surface area contributed by atoms with E-state index in [2.05, 4.69) is 266 Å². The summed E-state index contributed by atoms with van der Waals surface area (Å²) in [4.78, 5) is 2.36. The number of fused-ring (bicyclic) bond motifs is 3. The van der Waals surface area contributed by atoms with E-state index < -0.39 is 0 Å². The Labute approximate surface area is 398 Å². The third kappa shape index (κ3) is 8.03. The van der Waals surface area contributed by atoms with Gasteiger partial charge in [0.1, 0.15) is 11.3 Å². The Kier molecular flexibility index (Phi) is 10.7. The van der Waals surface area contributed by atoms with Crippen LogP contribution in [0.5, 0.6) is 0 Å². The summed E-state index contributed by atoms with van der Waals surface area (Å²) in [5.74, 6) is 0.986. The van der Waals surface area contributed by atoms with Crippen LogP contribution in [-0.2, 0) is 6.42 Å². The largest absolute Gasteiger partial charge is 0.456 e. The number of anilines is 3. The van der Waals surface area contributed by atoms with Crippen molar-refractivity contribution in [3.05, 3.63) is 266 Å². The van der Waals surface area contributed by atoms with Crippen molar-refractivity contribution in [1.82, 2.24) is 0 Å². The molecule has 322 valence electrons. The van der Waals surface area contributed by atoms with E-state index in [4.69, 9.17) is 4.42 Å². The second-order valence-corrected chi connectivity index (χ2v) is 17.6. The van der Waals surface area contributed by atoms with Crippen LogP contribution in [0.15, 0.2) is 259 Å². The molecule has 2 nitrogen and oxygen atoms in total. The van der Waals surface area contributed by atoms with Gasteiger partial charge in [-0.25, -0.2) is 0 Å². The molecule has 10 aromatic carbocycles. The predicted octanol–water partition coefficient (Wildman–Crippen LogP) is 18.5. The van der Waals surface area contributed by atoms with Crippen LogP contribution in [0.3, 0.4) is 0 Å². The minimum Gasteiger partial charge on any atom is -0.456 e. The van der Waals surface area contributed by atoms with Crippen molar-refractivity contribution in [3.63, 3.8) is 0 Å². The molecule has 1 aromatic heterocycles. The van der Waals surface area contributed by atoms with Crippen LogP contribution in [0.1, 0.15) is 17.7 Å². The van der Waals surface area contributed by atoms with Crippen molar-refractivity contribution in [2.45, 2.75) is 12.8 Å². The number of allylic oxidation sites excluding steroid dienone is 1. The van der Waals surface area contributed by atoms with Crippen LogP contribution < -0.4 is 4.90 Å². The summed E-state index contributed by atoms with van der Waals surface area (Å²) in [6.45, 7) is 0. The number of nitrogens with zero attached hydrogens (tertiary/aromatic N) is 1. The number of aryl methyl sites for hydroxylation is 1. The summed E-state index contributed by atoms with van der Waals surface area (Å²) in [6, 6.07) is 90.1. The Morgan fingerprint density at radius 3 is 1.04 bits per heavy atom. The van der Waals surface area contributed by atoms with Crippen LogP contribution in [0, 0.1) is 0 Å². The van der Waals surface area contributed by atoms with Gasteiger partial charge in [0, 0.05) is 33.6 Å². The molecule has 0 saturated heterocycles. The summed E-state index contributed by atoms with van der Waals surface area (Å²) in [7, 11) is 0. The molecular weight excluding hydrogens is 823 g/mol. The number of rotatable bonds is 10. The van der Waals surface area contributed by atoms with Gasteiger partial charge in [0.05, 0.1) is 0 Å². The molecule has 0 amide bonds. The predicted molar refractivity (Wildman–Crippen MR) is 286 cm³/mol. The quantitative estimate of drug-likeness (QED) is 0.136. The molecule has 68 heavy (non-hydrogen) atoms. The van der Waals surface area contributed by atoms with E-state index in [0.717, 1.165) is 63.5 Å². The lowest BCUT2D eigenvalue weighted by molar-refractivity contribution is 0.596. The molecule has 0 radical (unpaired) electrons. The minimum atomic E-state index is 0.957. The molecule has 1 aliphatic rings. The molecule has 2 heteroatoms. The zero-order valence-corrected chi connectivity index (χ0v) is 37.6. The summed E-state index contributed by atoms with van der Waals surface area (Å²) in [6.07, 6.45) is 6.39. The fraction of sp³-hybridized carbons (Fsp3) is 0.0303. The molecule has 0 bridgehead atoms. The van der Waals surface area contributed by atoms with Crippen LogP contribution in [0.25, 0.3) is 94.9 Å². The molecule has 1 aliphatic carbocycles. The maximum atomic E-state index is 6.52. The molecule has 0 atom stereocenters. The summed E-state index contributed by atoms with van der Waals surface area (Å²) in [5, 5.41) is 1.21. The maximum Gasteiger partial charge on any atom is 0.142 e. The van der Waals surface area contributed by atoms with Crippen LogP contribution >= 0.6 is 0 Å². The number of para-hydroxylation sites is 1. The second-order valence-electron chi connectivity index (χ2n) is 17.6. The number of benzene rings is 10. The number of hydrogen-bond donors (Lipinski definition) is 0. The fourth-order valence-corrected chi connectivity index (χ4v) is 9.85. The van der Waals surface area contributed by atoms with Crippen molar-refractivity contribution < 1.29 is 4.42 Å². The molecule has 0 spiro atoms. The zero-order chi connectivity index (χ0) is 45.2. The van der Waals surface area contributed by atoms with Gasteiger partial charge in [-0.1, -0.05) is 182 Å². The first-order valence-electron chi connectivity index (χ1n) is 23.5. The summed E-state index contributed by atoms with van der Waals surface area (Å²) < 4.78 is 6.52. The Morgan fingerprint density at radius 1 is 0.309 bits per heavy atom. The van der Waals surface area contributed by atoms with Gasteiger partial charge in [0.25, 0.3) is 0 Å². The fourth-order valence-electron chi connectivity index (χ4n) is 9.85. The van der Waals surface area contributed by atoms with Crippen molar-refractivity contribution in [2.24, 2.45) is 0 Å². The Hall–Kier alpha value is -8.72. The smallest absolute Gasteiger partial charge is 0.142 e.